The molecule has 1 N–H and O–H groups in total. The lowest BCUT2D eigenvalue weighted by molar-refractivity contribution is -0.153. The average Bonchev–Trinajstić information content (AvgIpc) is 3.54. The van der Waals surface area contributed by atoms with Gasteiger partial charge in [-0.05, 0) is 48.2 Å². The van der Waals surface area contributed by atoms with Gasteiger partial charge in [0.15, 0.2) is 6.61 Å². The summed E-state index contributed by atoms with van der Waals surface area (Å²) in [6.07, 6.45) is -7.20. The number of carbonyl (C=O) groups excluding carboxylic acids is 1. The standard InChI is InChI=1S/C21H20F6N2O2/c22-20(23,24)13-31-18-9-3-14(4-10-18)11-28-19(30)29(17-7-8-17)12-15-1-5-16(6-2-15)21(25,26)27/h1-6,9-10,17H,7-8,11-13H2,(H,28,30). The number of amides is 2. The minimum absolute atomic E-state index is 0.0282. The van der Waals surface area contributed by atoms with Crippen molar-refractivity contribution in [2.45, 2.75) is 44.3 Å². The second-order valence-electron chi connectivity index (χ2n) is 7.26. The van der Waals surface area contributed by atoms with Gasteiger partial charge in [-0.3, -0.25) is 0 Å². The number of benzene rings is 2. The highest BCUT2D eigenvalue weighted by Crippen LogP contribution is 2.31. The van der Waals surface area contributed by atoms with Gasteiger partial charge in [0, 0.05) is 19.1 Å². The van der Waals surface area contributed by atoms with Gasteiger partial charge in [-0.15, -0.1) is 0 Å². The second-order valence-corrected chi connectivity index (χ2v) is 7.26. The van der Waals surface area contributed by atoms with E-state index in [0.29, 0.717) is 11.1 Å². The van der Waals surface area contributed by atoms with Crippen LogP contribution in [0.15, 0.2) is 48.5 Å². The first-order chi connectivity index (χ1) is 14.5. The summed E-state index contributed by atoms with van der Waals surface area (Å²) in [5.41, 5.74) is 0.500. The number of hydrogen-bond donors (Lipinski definition) is 1. The van der Waals surface area contributed by atoms with E-state index in [-0.39, 0.29) is 30.9 Å². The van der Waals surface area contributed by atoms with Crippen LogP contribution in [0.2, 0.25) is 0 Å². The maximum absolute atomic E-state index is 12.7. The van der Waals surface area contributed by atoms with Gasteiger partial charge in [-0.25, -0.2) is 4.79 Å². The average molecular weight is 446 g/mol. The number of carbonyl (C=O) groups is 1. The largest absolute Gasteiger partial charge is 0.484 e. The Morgan fingerprint density at radius 1 is 0.935 bits per heavy atom. The molecular formula is C21H20F6N2O2. The van der Waals surface area contributed by atoms with E-state index in [2.05, 4.69) is 10.1 Å². The Labute approximate surface area is 174 Å². The quantitative estimate of drug-likeness (QED) is 0.569. The van der Waals surface area contributed by atoms with Gasteiger partial charge in [0.05, 0.1) is 5.56 Å². The zero-order valence-electron chi connectivity index (χ0n) is 16.3. The second kappa shape index (κ2) is 9.07. The lowest BCUT2D eigenvalue weighted by Crippen LogP contribution is -2.40. The molecule has 0 saturated heterocycles. The van der Waals surface area contributed by atoms with Gasteiger partial charge < -0.3 is 15.0 Å². The van der Waals surface area contributed by atoms with Gasteiger partial charge in [0.25, 0.3) is 0 Å². The Morgan fingerprint density at radius 2 is 1.52 bits per heavy atom. The highest BCUT2D eigenvalue weighted by Gasteiger charge is 2.33. The number of ether oxygens (including phenoxy) is 1. The minimum atomic E-state index is -4.42. The molecule has 0 unspecified atom stereocenters. The first kappa shape index (κ1) is 22.8. The van der Waals surface area contributed by atoms with Crippen LogP contribution in [0.4, 0.5) is 31.1 Å². The van der Waals surface area contributed by atoms with Crippen LogP contribution < -0.4 is 10.1 Å². The molecule has 1 fully saturated rings. The van der Waals surface area contributed by atoms with E-state index < -0.39 is 24.5 Å². The highest BCUT2D eigenvalue weighted by molar-refractivity contribution is 5.75. The summed E-state index contributed by atoms with van der Waals surface area (Å²) in [5, 5.41) is 2.74. The summed E-state index contributed by atoms with van der Waals surface area (Å²) < 4.78 is 79.3. The summed E-state index contributed by atoms with van der Waals surface area (Å²) in [6.45, 7) is -1.06. The molecule has 10 heteroatoms. The Balaban J connectivity index is 1.54. The van der Waals surface area contributed by atoms with Crippen molar-refractivity contribution in [3.05, 3.63) is 65.2 Å². The maximum atomic E-state index is 12.7. The zero-order valence-corrected chi connectivity index (χ0v) is 16.3. The predicted molar refractivity (Wildman–Crippen MR) is 100 cm³/mol. The van der Waals surface area contributed by atoms with Gasteiger partial charge in [-0.2, -0.15) is 26.3 Å². The monoisotopic (exact) mass is 446 g/mol. The van der Waals surface area contributed by atoms with E-state index in [1.165, 1.54) is 24.3 Å². The van der Waals surface area contributed by atoms with Crippen LogP contribution in [-0.4, -0.2) is 29.8 Å². The van der Waals surface area contributed by atoms with Crippen LogP contribution in [0, 0.1) is 0 Å². The van der Waals surface area contributed by atoms with Gasteiger partial charge in [-0.1, -0.05) is 24.3 Å². The van der Waals surface area contributed by atoms with E-state index in [9.17, 15) is 31.1 Å². The van der Waals surface area contributed by atoms with E-state index in [4.69, 9.17) is 0 Å². The molecule has 4 nitrogen and oxygen atoms in total. The Kier molecular flexibility index (Phi) is 6.66. The number of halogens is 6. The van der Waals surface area contributed by atoms with E-state index in [1.807, 2.05) is 0 Å². The van der Waals surface area contributed by atoms with Crippen molar-refractivity contribution in [2.24, 2.45) is 0 Å². The van der Waals surface area contributed by atoms with Crippen molar-refractivity contribution in [1.82, 2.24) is 10.2 Å². The molecule has 2 aromatic rings. The molecule has 2 aromatic carbocycles. The Hall–Kier alpha value is -2.91. The fourth-order valence-corrected chi connectivity index (χ4v) is 2.90. The van der Waals surface area contributed by atoms with Crippen LogP contribution >= 0.6 is 0 Å². The SMILES string of the molecule is O=C(NCc1ccc(OCC(F)(F)F)cc1)N(Cc1ccc(C(F)(F)F)cc1)C1CC1. The molecule has 0 heterocycles. The molecule has 168 valence electrons. The van der Waals surface area contributed by atoms with Crippen LogP contribution in [0.3, 0.4) is 0 Å². The normalized spacial score (nSPS) is 14.3. The van der Waals surface area contributed by atoms with Gasteiger partial charge in [0.1, 0.15) is 5.75 Å². The minimum Gasteiger partial charge on any atom is -0.484 e. The van der Waals surface area contributed by atoms with E-state index >= 15 is 0 Å². The third-order valence-corrected chi connectivity index (χ3v) is 4.65. The first-order valence-corrected chi connectivity index (χ1v) is 9.50. The predicted octanol–water partition coefficient (Wildman–Crippen LogP) is 5.52. The molecule has 0 aromatic heterocycles. The number of nitrogens with one attached hydrogen (secondary N) is 1. The number of rotatable bonds is 7. The number of hydrogen-bond acceptors (Lipinski definition) is 2. The number of nitrogens with zero attached hydrogens (tertiary/aromatic N) is 1. The molecule has 3 rings (SSSR count). The van der Waals surface area contributed by atoms with Crippen molar-refractivity contribution >= 4 is 6.03 Å². The molecule has 1 aliphatic rings. The summed E-state index contributed by atoms with van der Waals surface area (Å²) in [7, 11) is 0. The summed E-state index contributed by atoms with van der Waals surface area (Å²) in [5.74, 6) is 0.0642. The third kappa shape index (κ3) is 7.08. The fraction of sp³-hybridized carbons (Fsp3) is 0.381. The van der Waals surface area contributed by atoms with Crippen molar-refractivity contribution < 1.29 is 35.9 Å². The molecule has 0 aliphatic heterocycles. The lowest BCUT2D eigenvalue weighted by Gasteiger charge is -2.23. The molecule has 1 saturated carbocycles. The molecule has 31 heavy (non-hydrogen) atoms. The van der Waals surface area contributed by atoms with Crippen LogP contribution in [0.5, 0.6) is 5.75 Å². The topological polar surface area (TPSA) is 41.6 Å². The fourth-order valence-electron chi connectivity index (χ4n) is 2.90. The lowest BCUT2D eigenvalue weighted by atomic mass is 10.1. The van der Waals surface area contributed by atoms with Gasteiger partial charge >= 0.3 is 18.4 Å². The summed E-state index contributed by atoms with van der Waals surface area (Å²) in [4.78, 5) is 14.2. The summed E-state index contributed by atoms with van der Waals surface area (Å²) >= 11 is 0. The van der Waals surface area contributed by atoms with Crippen molar-refractivity contribution in [3.8, 4) is 5.75 Å². The molecular weight excluding hydrogens is 426 g/mol. The van der Waals surface area contributed by atoms with Crippen molar-refractivity contribution in [2.75, 3.05) is 6.61 Å². The van der Waals surface area contributed by atoms with E-state index in [1.54, 1.807) is 17.0 Å². The van der Waals surface area contributed by atoms with Crippen LogP contribution in [-0.2, 0) is 19.3 Å². The number of alkyl halides is 6. The Bertz CT molecular complexity index is 875. The van der Waals surface area contributed by atoms with Crippen LogP contribution in [0.1, 0.15) is 29.5 Å². The van der Waals surface area contributed by atoms with Gasteiger partial charge in [0.2, 0.25) is 0 Å². The van der Waals surface area contributed by atoms with Crippen molar-refractivity contribution in [1.29, 1.82) is 0 Å². The highest BCUT2D eigenvalue weighted by atomic mass is 19.4. The molecule has 2 amide bonds. The molecule has 0 atom stereocenters. The third-order valence-electron chi connectivity index (χ3n) is 4.65. The molecule has 0 spiro atoms. The first-order valence-electron chi connectivity index (χ1n) is 9.50. The number of urea groups is 1. The van der Waals surface area contributed by atoms with E-state index in [0.717, 1.165) is 25.0 Å². The maximum Gasteiger partial charge on any atom is 0.422 e. The molecule has 0 bridgehead atoms. The summed E-state index contributed by atoms with van der Waals surface area (Å²) in [6, 6.07) is 10.2. The molecule has 0 radical (unpaired) electrons. The smallest absolute Gasteiger partial charge is 0.422 e. The van der Waals surface area contributed by atoms with Crippen LogP contribution in [0.25, 0.3) is 0 Å². The van der Waals surface area contributed by atoms with Crippen molar-refractivity contribution in [3.63, 3.8) is 0 Å². The zero-order chi connectivity index (χ0) is 22.6. The molecule has 1 aliphatic carbocycles. The Morgan fingerprint density at radius 3 is 2.03 bits per heavy atom.